The van der Waals surface area contributed by atoms with Gasteiger partial charge in [-0.1, -0.05) is 43.3 Å². The summed E-state index contributed by atoms with van der Waals surface area (Å²) in [6.07, 6.45) is 2.22. The Morgan fingerprint density at radius 1 is 1.00 bits per heavy atom. The number of hydrogen-bond acceptors (Lipinski definition) is 4. The second-order valence-corrected chi connectivity index (χ2v) is 7.88. The van der Waals surface area contributed by atoms with Gasteiger partial charge in [0.1, 0.15) is 11.5 Å². The summed E-state index contributed by atoms with van der Waals surface area (Å²) in [5, 5.41) is 5.20. The first-order valence-corrected chi connectivity index (χ1v) is 10.9. The number of fused-ring (bicyclic) bond motifs is 1. The summed E-state index contributed by atoms with van der Waals surface area (Å²) in [7, 11) is 1.64. The van der Waals surface area contributed by atoms with Crippen molar-refractivity contribution in [3.8, 4) is 11.5 Å². The lowest BCUT2D eigenvalue weighted by atomic mass is 9.73. The molecule has 0 radical (unpaired) electrons. The minimum Gasteiger partial charge on any atom is -0.497 e. The molecule has 0 spiro atoms. The smallest absolute Gasteiger partial charge is 0.235 e. The van der Waals surface area contributed by atoms with Crippen LogP contribution in [0.15, 0.2) is 60.7 Å². The largest absolute Gasteiger partial charge is 0.497 e. The van der Waals surface area contributed by atoms with E-state index in [4.69, 9.17) is 14.2 Å². The van der Waals surface area contributed by atoms with E-state index in [-0.39, 0.29) is 5.91 Å². The molecular weight excluding hydrogens is 390 g/mol. The van der Waals surface area contributed by atoms with E-state index < -0.39 is 5.41 Å². The van der Waals surface area contributed by atoms with Crippen molar-refractivity contribution in [2.75, 3.05) is 32.2 Å². The molecule has 5 heteroatoms. The number of amides is 1. The molecule has 1 heterocycles. The highest BCUT2D eigenvalue weighted by Crippen LogP contribution is 2.38. The predicted octanol–water partition coefficient (Wildman–Crippen LogP) is 5.32. The van der Waals surface area contributed by atoms with E-state index in [1.807, 2.05) is 60.7 Å². The highest BCUT2D eigenvalue weighted by atomic mass is 16.5. The standard InChI is InChI=1S/C26H29NO4/c1-3-16-31-24-13-12-23(21-6-4-5-7-22(21)24)27-25(28)26(14-17-30-18-15-26)19-8-10-20(29-2)11-9-19/h4-13H,3,14-18H2,1-2H3,(H,27,28). The van der Waals surface area contributed by atoms with E-state index in [9.17, 15) is 4.79 Å². The number of carbonyl (C=O) groups is 1. The average molecular weight is 420 g/mol. The molecule has 1 amide bonds. The molecule has 1 saturated heterocycles. The summed E-state index contributed by atoms with van der Waals surface area (Å²) in [4.78, 5) is 13.7. The van der Waals surface area contributed by atoms with Gasteiger partial charge < -0.3 is 19.5 Å². The normalized spacial score (nSPS) is 15.4. The topological polar surface area (TPSA) is 56.8 Å². The number of rotatable bonds is 7. The van der Waals surface area contributed by atoms with Crippen molar-refractivity contribution in [3.05, 3.63) is 66.2 Å². The van der Waals surface area contributed by atoms with Crippen LogP contribution in [0.4, 0.5) is 5.69 Å². The Balaban J connectivity index is 1.68. The van der Waals surface area contributed by atoms with E-state index >= 15 is 0 Å². The lowest BCUT2D eigenvalue weighted by Gasteiger charge is -2.36. The third kappa shape index (κ3) is 4.23. The summed E-state index contributed by atoms with van der Waals surface area (Å²) < 4.78 is 16.8. The summed E-state index contributed by atoms with van der Waals surface area (Å²) in [5.74, 6) is 1.61. The Morgan fingerprint density at radius 2 is 1.71 bits per heavy atom. The summed E-state index contributed by atoms with van der Waals surface area (Å²) in [6, 6.07) is 19.7. The zero-order valence-corrected chi connectivity index (χ0v) is 18.1. The minimum atomic E-state index is -0.636. The van der Waals surface area contributed by atoms with Crippen LogP contribution in [0, 0.1) is 0 Å². The monoisotopic (exact) mass is 419 g/mol. The molecule has 4 rings (SSSR count). The van der Waals surface area contributed by atoms with Gasteiger partial charge in [-0.15, -0.1) is 0 Å². The van der Waals surface area contributed by atoms with Crippen LogP contribution >= 0.6 is 0 Å². The van der Waals surface area contributed by atoms with Gasteiger partial charge in [0.05, 0.1) is 19.1 Å². The van der Waals surface area contributed by atoms with Crippen molar-refractivity contribution in [2.45, 2.75) is 31.6 Å². The highest BCUT2D eigenvalue weighted by molar-refractivity contribution is 6.07. The van der Waals surface area contributed by atoms with E-state index in [1.165, 1.54) is 0 Å². The summed E-state index contributed by atoms with van der Waals surface area (Å²) in [5.41, 5.74) is 1.15. The summed E-state index contributed by atoms with van der Waals surface area (Å²) >= 11 is 0. The van der Waals surface area contributed by atoms with E-state index in [2.05, 4.69) is 12.2 Å². The third-order valence-corrected chi connectivity index (χ3v) is 6.02. The maximum Gasteiger partial charge on any atom is 0.235 e. The molecular formula is C26H29NO4. The van der Waals surface area contributed by atoms with Crippen molar-refractivity contribution in [1.29, 1.82) is 0 Å². The van der Waals surface area contributed by atoms with Crippen LogP contribution in [0.1, 0.15) is 31.7 Å². The number of anilines is 1. The first kappa shape index (κ1) is 21.2. The highest BCUT2D eigenvalue weighted by Gasteiger charge is 2.42. The van der Waals surface area contributed by atoms with E-state index in [1.54, 1.807) is 7.11 Å². The first-order valence-electron chi connectivity index (χ1n) is 10.9. The molecule has 31 heavy (non-hydrogen) atoms. The molecule has 1 N–H and O–H groups in total. The maximum absolute atomic E-state index is 13.7. The minimum absolute atomic E-state index is 0.00616. The van der Waals surface area contributed by atoms with Crippen LogP contribution in [-0.4, -0.2) is 32.8 Å². The molecule has 5 nitrogen and oxygen atoms in total. The fourth-order valence-corrected chi connectivity index (χ4v) is 4.24. The Bertz CT molecular complexity index is 1040. The van der Waals surface area contributed by atoms with Gasteiger partial charge in [0.15, 0.2) is 0 Å². The van der Waals surface area contributed by atoms with Gasteiger partial charge >= 0.3 is 0 Å². The molecule has 1 fully saturated rings. The van der Waals surface area contributed by atoms with Crippen molar-refractivity contribution < 1.29 is 19.0 Å². The van der Waals surface area contributed by atoms with Gasteiger partial charge in [-0.2, -0.15) is 0 Å². The average Bonchev–Trinajstić information content (AvgIpc) is 2.84. The van der Waals surface area contributed by atoms with Crippen LogP contribution in [0.2, 0.25) is 0 Å². The van der Waals surface area contributed by atoms with Crippen molar-refractivity contribution in [3.63, 3.8) is 0 Å². The number of benzene rings is 3. The Labute approximate surface area is 183 Å². The second-order valence-electron chi connectivity index (χ2n) is 7.88. The maximum atomic E-state index is 13.7. The van der Waals surface area contributed by atoms with Crippen molar-refractivity contribution in [1.82, 2.24) is 0 Å². The van der Waals surface area contributed by atoms with Gasteiger partial charge in [-0.25, -0.2) is 0 Å². The lowest BCUT2D eigenvalue weighted by molar-refractivity contribution is -0.125. The Kier molecular flexibility index (Phi) is 6.42. The van der Waals surface area contributed by atoms with E-state index in [0.717, 1.165) is 39.9 Å². The zero-order chi connectivity index (χ0) is 21.7. The summed E-state index contributed by atoms with van der Waals surface area (Å²) in [6.45, 7) is 3.87. The first-order chi connectivity index (χ1) is 15.2. The molecule has 0 saturated carbocycles. The molecule has 0 aromatic heterocycles. The van der Waals surface area contributed by atoms with E-state index in [0.29, 0.717) is 32.7 Å². The molecule has 0 aliphatic carbocycles. The lowest BCUT2D eigenvalue weighted by Crippen LogP contribution is -2.44. The third-order valence-electron chi connectivity index (χ3n) is 6.02. The molecule has 3 aromatic carbocycles. The van der Waals surface area contributed by atoms with Crippen LogP contribution < -0.4 is 14.8 Å². The van der Waals surface area contributed by atoms with Crippen LogP contribution in [0.5, 0.6) is 11.5 Å². The number of methoxy groups -OCH3 is 1. The Morgan fingerprint density at radius 3 is 2.39 bits per heavy atom. The van der Waals surface area contributed by atoms with Crippen molar-refractivity contribution >= 4 is 22.4 Å². The fraction of sp³-hybridized carbons (Fsp3) is 0.346. The number of hydrogen-bond donors (Lipinski definition) is 1. The van der Waals surface area contributed by atoms with Gasteiger partial charge in [0.25, 0.3) is 0 Å². The molecule has 3 aromatic rings. The number of carbonyl (C=O) groups excluding carboxylic acids is 1. The molecule has 162 valence electrons. The SMILES string of the molecule is CCCOc1ccc(NC(=O)C2(c3ccc(OC)cc3)CCOCC2)c2ccccc12. The molecule has 1 aliphatic heterocycles. The predicted molar refractivity (Wildman–Crippen MR) is 123 cm³/mol. The number of nitrogens with one attached hydrogen (secondary N) is 1. The molecule has 0 atom stereocenters. The fourth-order valence-electron chi connectivity index (χ4n) is 4.24. The molecule has 1 aliphatic rings. The molecule has 0 bridgehead atoms. The van der Waals surface area contributed by atoms with Crippen molar-refractivity contribution in [2.24, 2.45) is 0 Å². The van der Waals surface area contributed by atoms with Gasteiger partial charge in [-0.3, -0.25) is 4.79 Å². The van der Waals surface area contributed by atoms with Crippen LogP contribution in [0.3, 0.4) is 0 Å². The zero-order valence-electron chi connectivity index (χ0n) is 18.1. The van der Waals surface area contributed by atoms with Gasteiger partial charge in [0, 0.05) is 29.7 Å². The van der Waals surface area contributed by atoms with Crippen LogP contribution in [-0.2, 0) is 14.9 Å². The van der Waals surface area contributed by atoms with Gasteiger partial charge in [0.2, 0.25) is 5.91 Å². The molecule has 0 unspecified atom stereocenters. The van der Waals surface area contributed by atoms with Crippen LogP contribution in [0.25, 0.3) is 10.8 Å². The Hall–Kier alpha value is -3.05. The quantitative estimate of drug-likeness (QED) is 0.563. The van der Waals surface area contributed by atoms with Gasteiger partial charge in [-0.05, 0) is 49.1 Å². The number of ether oxygens (including phenoxy) is 3. The second kappa shape index (κ2) is 9.40.